The lowest BCUT2D eigenvalue weighted by Crippen LogP contribution is -2.29. The van der Waals surface area contributed by atoms with E-state index in [1.807, 2.05) is 31.2 Å². The van der Waals surface area contributed by atoms with Gasteiger partial charge in [0.1, 0.15) is 18.1 Å². The maximum absolute atomic E-state index is 13.6. The predicted octanol–water partition coefficient (Wildman–Crippen LogP) is 5.62. The van der Waals surface area contributed by atoms with E-state index in [0.717, 1.165) is 16.7 Å². The van der Waals surface area contributed by atoms with Gasteiger partial charge < -0.3 is 29.0 Å². The Kier molecular flexibility index (Phi) is 8.61. The zero-order valence-corrected chi connectivity index (χ0v) is 24.4. The summed E-state index contributed by atoms with van der Waals surface area (Å²) >= 11 is 0. The van der Waals surface area contributed by atoms with Crippen LogP contribution in [0, 0.1) is 6.92 Å². The van der Waals surface area contributed by atoms with Gasteiger partial charge in [-0.2, -0.15) is 0 Å². The Hall–Kier alpha value is -5.31. The number of rotatable bonds is 10. The molecule has 1 atom stereocenters. The van der Waals surface area contributed by atoms with E-state index < -0.39 is 17.7 Å². The zero-order valence-electron chi connectivity index (χ0n) is 24.4. The quantitative estimate of drug-likeness (QED) is 0.146. The Labute approximate surface area is 249 Å². The molecule has 1 N–H and O–H groups in total. The van der Waals surface area contributed by atoms with Crippen LogP contribution in [-0.4, -0.2) is 48.0 Å². The van der Waals surface area contributed by atoms with Crippen molar-refractivity contribution in [2.45, 2.75) is 26.1 Å². The van der Waals surface area contributed by atoms with Gasteiger partial charge in [-0.25, -0.2) is 0 Å². The topological polar surface area (TPSA) is 107 Å². The van der Waals surface area contributed by atoms with Crippen LogP contribution in [0.2, 0.25) is 0 Å². The second kappa shape index (κ2) is 12.7. The van der Waals surface area contributed by atoms with Crippen molar-refractivity contribution in [3.05, 3.63) is 119 Å². The number of amides is 1. The standard InChI is InChI=1S/C34H32N2O7/c1-21-7-5-6-8-24(21)20-43-26-11-9-23(10-12-26)31(37)29-30(25-17-27(40-2)33(42-4)28(18-25)41-3)36(34(39)32(29)38)19-22-13-15-35-16-14-22/h5-18,30,37H,19-20H2,1-4H3. The van der Waals surface area contributed by atoms with Crippen molar-refractivity contribution in [2.75, 3.05) is 21.3 Å². The van der Waals surface area contributed by atoms with Crippen LogP contribution >= 0.6 is 0 Å². The molecule has 0 spiro atoms. The van der Waals surface area contributed by atoms with Gasteiger partial charge in [0.15, 0.2) is 11.5 Å². The Morgan fingerprint density at radius 2 is 1.53 bits per heavy atom. The van der Waals surface area contributed by atoms with E-state index in [4.69, 9.17) is 18.9 Å². The zero-order chi connectivity index (χ0) is 30.5. The molecule has 1 fully saturated rings. The first-order valence-corrected chi connectivity index (χ1v) is 13.6. The van der Waals surface area contributed by atoms with E-state index in [0.29, 0.717) is 40.7 Å². The van der Waals surface area contributed by atoms with Gasteiger partial charge in [-0.05, 0) is 77.7 Å². The number of methoxy groups -OCH3 is 3. The smallest absolute Gasteiger partial charge is 0.295 e. The first-order chi connectivity index (χ1) is 20.9. The lowest BCUT2D eigenvalue weighted by molar-refractivity contribution is -0.140. The Balaban J connectivity index is 1.56. The van der Waals surface area contributed by atoms with E-state index in [-0.39, 0.29) is 17.9 Å². The van der Waals surface area contributed by atoms with Gasteiger partial charge >= 0.3 is 0 Å². The number of carbonyl (C=O) groups is 2. The summed E-state index contributed by atoms with van der Waals surface area (Å²) in [5.74, 6) is -0.191. The highest BCUT2D eigenvalue weighted by atomic mass is 16.5. The maximum Gasteiger partial charge on any atom is 0.295 e. The van der Waals surface area contributed by atoms with Crippen molar-refractivity contribution < 1.29 is 33.6 Å². The molecule has 4 aromatic rings. The minimum Gasteiger partial charge on any atom is -0.507 e. The molecule has 1 aliphatic heterocycles. The van der Waals surface area contributed by atoms with Crippen molar-refractivity contribution in [2.24, 2.45) is 0 Å². The van der Waals surface area contributed by atoms with Gasteiger partial charge in [0.2, 0.25) is 5.75 Å². The summed E-state index contributed by atoms with van der Waals surface area (Å²) in [4.78, 5) is 32.5. The SMILES string of the molecule is COc1cc(C2C(=C(O)c3ccc(OCc4ccccc4C)cc3)C(=O)C(=O)N2Cc2ccncc2)cc(OC)c1OC. The van der Waals surface area contributed by atoms with Crippen molar-refractivity contribution in [3.63, 3.8) is 0 Å². The van der Waals surface area contributed by atoms with Crippen molar-refractivity contribution in [3.8, 4) is 23.0 Å². The number of aryl methyl sites for hydroxylation is 1. The van der Waals surface area contributed by atoms with Gasteiger partial charge in [-0.15, -0.1) is 0 Å². The molecule has 1 unspecified atom stereocenters. The minimum atomic E-state index is -0.946. The van der Waals surface area contributed by atoms with Crippen LogP contribution in [0.15, 0.2) is 90.8 Å². The van der Waals surface area contributed by atoms with Gasteiger partial charge in [-0.1, -0.05) is 24.3 Å². The average molecular weight is 581 g/mol. The predicted molar refractivity (Wildman–Crippen MR) is 160 cm³/mol. The van der Waals surface area contributed by atoms with Crippen LogP contribution in [-0.2, 0) is 22.7 Å². The molecular weight excluding hydrogens is 548 g/mol. The highest BCUT2D eigenvalue weighted by molar-refractivity contribution is 6.46. The Morgan fingerprint density at radius 1 is 0.884 bits per heavy atom. The molecule has 1 amide bonds. The molecule has 9 heteroatoms. The maximum atomic E-state index is 13.6. The number of aromatic nitrogens is 1. The summed E-state index contributed by atoms with van der Waals surface area (Å²) in [6, 6.07) is 20.6. The molecule has 1 aromatic heterocycles. The third-order valence-corrected chi connectivity index (χ3v) is 7.43. The van der Waals surface area contributed by atoms with Crippen LogP contribution in [0.1, 0.15) is 33.9 Å². The molecule has 3 aromatic carbocycles. The third-order valence-electron chi connectivity index (χ3n) is 7.43. The number of ketones is 1. The van der Waals surface area contributed by atoms with Crippen LogP contribution < -0.4 is 18.9 Å². The number of aliphatic hydroxyl groups is 1. The molecule has 220 valence electrons. The van der Waals surface area contributed by atoms with E-state index in [1.165, 1.54) is 26.2 Å². The molecule has 2 heterocycles. The molecule has 0 radical (unpaired) electrons. The first-order valence-electron chi connectivity index (χ1n) is 13.6. The number of hydrogen-bond donors (Lipinski definition) is 1. The van der Waals surface area contributed by atoms with E-state index in [9.17, 15) is 14.7 Å². The van der Waals surface area contributed by atoms with E-state index in [1.54, 1.807) is 60.9 Å². The lowest BCUT2D eigenvalue weighted by atomic mass is 9.94. The number of nitrogens with zero attached hydrogens (tertiary/aromatic N) is 2. The van der Waals surface area contributed by atoms with Crippen LogP contribution in [0.3, 0.4) is 0 Å². The monoisotopic (exact) mass is 580 g/mol. The molecule has 1 saturated heterocycles. The van der Waals surface area contributed by atoms with Gasteiger partial charge in [0.05, 0.1) is 32.9 Å². The lowest BCUT2D eigenvalue weighted by Gasteiger charge is -2.26. The molecule has 5 rings (SSSR count). The largest absolute Gasteiger partial charge is 0.507 e. The molecule has 0 aliphatic carbocycles. The number of carbonyl (C=O) groups excluding carboxylic acids is 2. The fourth-order valence-corrected chi connectivity index (χ4v) is 5.13. The summed E-state index contributed by atoms with van der Waals surface area (Å²) in [7, 11) is 4.46. The number of aliphatic hydroxyl groups excluding tert-OH is 1. The Bertz CT molecular complexity index is 1640. The summed E-state index contributed by atoms with van der Waals surface area (Å²) < 4.78 is 22.5. The summed E-state index contributed by atoms with van der Waals surface area (Å²) in [6.07, 6.45) is 3.23. The fraction of sp³-hybridized carbons (Fsp3) is 0.206. The minimum absolute atomic E-state index is 0.0538. The molecule has 1 aliphatic rings. The molecular formula is C34H32N2O7. The number of hydrogen-bond acceptors (Lipinski definition) is 8. The highest BCUT2D eigenvalue weighted by Gasteiger charge is 2.46. The second-order valence-electron chi connectivity index (χ2n) is 9.98. The molecule has 0 bridgehead atoms. The number of benzene rings is 3. The average Bonchev–Trinajstić information content (AvgIpc) is 3.29. The van der Waals surface area contributed by atoms with Crippen LogP contribution in [0.5, 0.6) is 23.0 Å². The first kappa shape index (κ1) is 29.2. The van der Waals surface area contributed by atoms with E-state index in [2.05, 4.69) is 4.98 Å². The number of pyridine rings is 1. The molecule has 43 heavy (non-hydrogen) atoms. The summed E-state index contributed by atoms with van der Waals surface area (Å²) in [6.45, 7) is 2.52. The summed E-state index contributed by atoms with van der Waals surface area (Å²) in [5, 5.41) is 11.6. The van der Waals surface area contributed by atoms with Crippen molar-refractivity contribution in [1.29, 1.82) is 0 Å². The Morgan fingerprint density at radius 3 is 2.14 bits per heavy atom. The molecule has 9 nitrogen and oxygen atoms in total. The van der Waals surface area contributed by atoms with Crippen molar-refractivity contribution in [1.82, 2.24) is 9.88 Å². The summed E-state index contributed by atoms with van der Waals surface area (Å²) in [5.41, 5.74) is 3.77. The van der Waals surface area contributed by atoms with Gasteiger partial charge in [-0.3, -0.25) is 14.6 Å². The number of likely N-dealkylation sites (tertiary alicyclic amines) is 1. The van der Waals surface area contributed by atoms with Crippen LogP contribution in [0.25, 0.3) is 5.76 Å². The van der Waals surface area contributed by atoms with E-state index >= 15 is 0 Å². The van der Waals surface area contributed by atoms with Crippen LogP contribution in [0.4, 0.5) is 0 Å². The molecule has 0 saturated carbocycles. The van der Waals surface area contributed by atoms with Crippen molar-refractivity contribution >= 4 is 17.4 Å². The van der Waals surface area contributed by atoms with Gasteiger partial charge in [0, 0.05) is 24.5 Å². The fourth-order valence-electron chi connectivity index (χ4n) is 5.13. The van der Waals surface area contributed by atoms with Gasteiger partial charge in [0.25, 0.3) is 11.7 Å². The normalized spacial score (nSPS) is 15.8. The number of Topliss-reactive ketones (excluding diaryl/α,β-unsaturated/α-hetero) is 1. The second-order valence-corrected chi connectivity index (χ2v) is 9.98. The highest BCUT2D eigenvalue weighted by Crippen LogP contribution is 2.46. The number of ether oxygens (including phenoxy) is 4. The third kappa shape index (κ3) is 5.88.